The van der Waals surface area contributed by atoms with E-state index in [0.717, 1.165) is 28.2 Å². The Morgan fingerprint density at radius 2 is 1.62 bits per heavy atom. The van der Waals surface area contributed by atoms with Crippen LogP contribution in [0.2, 0.25) is 15.1 Å². The summed E-state index contributed by atoms with van der Waals surface area (Å²) in [6.45, 7) is 0. The van der Waals surface area contributed by atoms with Crippen LogP contribution in [-0.4, -0.2) is 10.7 Å². The van der Waals surface area contributed by atoms with Crippen LogP contribution in [0.15, 0.2) is 65.8 Å². The van der Waals surface area contributed by atoms with Crippen LogP contribution in [-0.2, 0) is 0 Å². The molecule has 3 aromatic carbocycles. The molecule has 2 aliphatic heterocycles. The van der Waals surface area contributed by atoms with Gasteiger partial charge in [0.1, 0.15) is 11.6 Å². The monoisotopic (exact) mass is 446 g/mol. The number of benzene rings is 3. The van der Waals surface area contributed by atoms with Gasteiger partial charge in [-0.25, -0.2) is 9.40 Å². The van der Waals surface area contributed by atoms with Crippen LogP contribution in [0.25, 0.3) is 0 Å². The van der Waals surface area contributed by atoms with Crippen molar-refractivity contribution in [2.24, 2.45) is 5.10 Å². The molecule has 0 aromatic heterocycles. The van der Waals surface area contributed by atoms with Gasteiger partial charge in [-0.1, -0.05) is 53.0 Å². The van der Waals surface area contributed by atoms with Crippen molar-refractivity contribution in [2.45, 2.75) is 18.7 Å². The Labute approximate surface area is 182 Å². The predicted octanol–water partition coefficient (Wildman–Crippen LogP) is 7.03. The predicted molar refractivity (Wildman–Crippen MR) is 113 cm³/mol. The van der Waals surface area contributed by atoms with Crippen molar-refractivity contribution in [3.05, 3.63) is 98.2 Å². The molecule has 29 heavy (non-hydrogen) atoms. The van der Waals surface area contributed by atoms with Crippen LogP contribution in [0, 0.1) is 5.82 Å². The highest BCUT2D eigenvalue weighted by Crippen LogP contribution is 2.49. The third-order valence-corrected chi connectivity index (χ3v) is 5.96. The molecule has 3 nitrogen and oxygen atoms in total. The Morgan fingerprint density at radius 3 is 2.38 bits per heavy atom. The number of halogens is 4. The Bertz CT molecular complexity index is 1130. The molecular formula is C22H14Cl3FN2O. The largest absolute Gasteiger partial charge is 0.464 e. The summed E-state index contributed by atoms with van der Waals surface area (Å²) in [6.07, 6.45) is 0.126. The van der Waals surface area contributed by atoms with Crippen molar-refractivity contribution < 1.29 is 9.13 Å². The van der Waals surface area contributed by atoms with E-state index in [0.29, 0.717) is 21.5 Å². The SMILES string of the molecule is Fc1ccc(C2=NN3[C@@H](c4ccc(Cl)cc4Cl)Oc4ccc(Cl)cc4[C@@H]3C2)cc1. The Morgan fingerprint density at radius 1 is 0.897 bits per heavy atom. The van der Waals surface area contributed by atoms with Gasteiger partial charge in [0, 0.05) is 27.6 Å². The zero-order chi connectivity index (χ0) is 20.1. The number of hydrogen-bond acceptors (Lipinski definition) is 3. The van der Waals surface area contributed by atoms with E-state index in [1.165, 1.54) is 12.1 Å². The van der Waals surface area contributed by atoms with Gasteiger partial charge >= 0.3 is 0 Å². The lowest BCUT2D eigenvalue weighted by molar-refractivity contribution is -0.0189. The lowest BCUT2D eigenvalue weighted by Crippen LogP contribution is -2.33. The Hall–Kier alpha value is -2.27. The second kappa shape index (κ2) is 7.21. The number of nitrogens with zero attached hydrogens (tertiary/aromatic N) is 2. The summed E-state index contributed by atoms with van der Waals surface area (Å²) in [4.78, 5) is 0. The molecule has 146 valence electrons. The molecule has 3 aromatic rings. The third kappa shape index (κ3) is 3.35. The first-order valence-corrected chi connectivity index (χ1v) is 10.2. The van der Waals surface area contributed by atoms with Crippen LogP contribution >= 0.6 is 34.8 Å². The van der Waals surface area contributed by atoms with Crippen LogP contribution in [0.5, 0.6) is 5.75 Å². The van der Waals surface area contributed by atoms with E-state index in [1.54, 1.807) is 30.3 Å². The van der Waals surface area contributed by atoms with Gasteiger partial charge in [0.25, 0.3) is 0 Å². The van der Waals surface area contributed by atoms with Crippen LogP contribution < -0.4 is 4.74 Å². The fourth-order valence-corrected chi connectivity index (χ4v) is 4.46. The molecule has 0 N–H and O–H groups in total. The maximum Gasteiger partial charge on any atom is 0.215 e. The Kier molecular flexibility index (Phi) is 4.66. The number of hydrazone groups is 1. The van der Waals surface area contributed by atoms with E-state index in [-0.39, 0.29) is 11.9 Å². The minimum Gasteiger partial charge on any atom is -0.464 e. The van der Waals surface area contributed by atoms with Gasteiger partial charge < -0.3 is 4.74 Å². The molecule has 0 bridgehead atoms. The highest BCUT2D eigenvalue weighted by molar-refractivity contribution is 6.35. The zero-order valence-electron chi connectivity index (χ0n) is 14.9. The number of hydrogen-bond donors (Lipinski definition) is 0. The van der Waals surface area contributed by atoms with E-state index < -0.39 is 6.23 Å². The van der Waals surface area contributed by atoms with E-state index in [4.69, 9.17) is 44.6 Å². The van der Waals surface area contributed by atoms with Gasteiger partial charge in [-0.05, 0) is 48.0 Å². The highest BCUT2D eigenvalue weighted by Gasteiger charge is 2.41. The van der Waals surface area contributed by atoms with E-state index in [2.05, 4.69) is 0 Å². The minimum absolute atomic E-state index is 0.0748. The summed E-state index contributed by atoms with van der Waals surface area (Å²) in [5, 5.41) is 8.41. The average Bonchev–Trinajstić information content (AvgIpc) is 3.14. The lowest BCUT2D eigenvalue weighted by atomic mass is 9.96. The Balaban J connectivity index is 1.62. The van der Waals surface area contributed by atoms with Crippen LogP contribution in [0.1, 0.15) is 35.4 Å². The second-order valence-corrected chi connectivity index (χ2v) is 8.25. The molecule has 0 fully saturated rings. The van der Waals surface area contributed by atoms with Gasteiger partial charge in [-0.2, -0.15) is 5.10 Å². The van der Waals surface area contributed by atoms with Crippen molar-refractivity contribution in [3.8, 4) is 5.75 Å². The zero-order valence-corrected chi connectivity index (χ0v) is 17.2. The average molecular weight is 448 g/mol. The smallest absolute Gasteiger partial charge is 0.215 e. The van der Waals surface area contributed by atoms with Crippen molar-refractivity contribution in [3.63, 3.8) is 0 Å². The topological polar surface area (TPSA) is 24.8 Å². The summed E-state index contributed by atoms with van der Waals surface area (Å²) >= 11 is 18.8. The first-order chi connectivity index (χ1) is 14.0. The van der Waals surface area contributed by atoms with E-state index >= 15 is 0 Å². The van der Waals surface area contributed by atoms with Crippen LogP contribution in [0.3, 0.4) is 0 Å². The molecule has 2 heterocycles. The highest BCUT2D eigenvalue weighted by atomic mass is 35.5. The summed E-state index contributed by atoms with van der Waals surface area (Å²) in [5.41, 5.74) is 3.44. The third-order valence-electron chi connectivity index (χ3n) is 5.16. The maximum atomic E-state index is 13.4. The summed E-state index contributed by atoms with van der Waals surface area (Å²) < 4.78 is 19.6. The van der Waals surface area contributed by atoms with Crippen molar-refractivity contribution in [1.29, 1.82) is 0 Å². The molecule has 0 radical (unpaired) electrons. The van der Waals surface area contributed by atoms with Gasteiger partial charge in [-0.3, -0.25) is 0 Å². The number of ether oxygens (including phenoxy) is 1. The molecule has 0 aliphatic carbocycles. The molecule has 0 spiro atoms. The van der Waals surface area contributed by atoms with Gasteiger partial charge in [0.2, 0.25) is 6.23 Å². The van der Waals surface area contributed by atoms with Crippen molar-refractivity contribution >= 4 is 40.5 Å². The maximum absolute atomic E-state index is 13.4. The van der Waals surface area contributed by atoms with Gasteiger partial charge in [0.05, 0.1) is 16.8 Å². The van der Waals surface area contributed by atoms with Gasteiger partial charge in [0.15, 0.2) is 0 Å². The molecule has 0 unspecified atom stereocenters. The fourth-order valence-electron chi connectivity index (χ4n) is 3.78. The molecule has 0 saturated heterocycles. The van der Waals surface area contributed by atoms with Gasteiger partial charge in [-0.15, -0.1) is 0 Å². The lowest BCUT2D eigenvalue weighted by Gasteiger charge is -2.38. The standard InChI is InChI=1S/C22H14Cl3FN2O/c23-13-4-8-21-17(9-13)20-11-19(12-1-5-15(26)6-2-12)27-28(20)22(29-21)16-7-3-14(24)10-18(16)25/h1-10,20,22H,11H2/t20-,22+/m0/s1. The summed E-state index contributed by atoms with van der Waals surface area (Å²) in [5.74, 6) is 0.457. The number of rotatable bonds is 2. The molecule has 5 rings (SSSR count). The van der Waals surface area contributed by atoms with E-state index in [1.807, 2.05) is 23.2 Å². The minimum atomic E-state index is -0.517. The molecule has 0 saturated carbocycles. The quantitative estimate of drug-likeness (QED) is 0.421. The normalized spacial score (nSPS) is 20.0. The first-order valence-electron chi connectivity index (χ1n) is 9.02. The fraction of sp³-hybridized carbons (Fsp3) is 0.136. The summed E-state index contributed by atoms with van der Waals surface area (Å²) in [7, 11) is 0. The molecular weight excluding hydrogens is 434 g/mol. The summed E-state index contributed by atoms with van der Waals surface area (Å²) in [6, 6.07) is 17.1. The van der Waals surface area contributed by atoms with Crippen molar-refractivity contribution in [2.75, 3.05) is 0 Å². The van der Waals surface area contributed by atoms with E-state index in [9.17, 15) is 4.39 Å². The first kappa shape index (κ1) is 18.7. The molecule has 2 atom stereocenters. The molecule has 7 heteroatoms. The number of fused-ring (bicyclic) bond motifs is 3. The second-order valence-electron chi connectivity index (χ2n) is 6.97. The van der Waals surface area contributed by atoms with Crippen molar-refractivity contribution in [1.82, 2.24) is 5.01 Å². The van der Waals surface area contributed by atoms with Crippen LogP contribution in [0.4, 0.5) is 4.39 Å². The molecule has 0 amide bonds. The molecule has 2 aliphatic rings.